The van der Waals surface area contributed by atoms with E-state index in [0.717, 1.165) is 11.3 Å². The van der Waals surface area contributed by atoms with Crippen molar-refractivity contribution in [1.29, 1.82) is 0 Å². The molecule has 2 aromatic carbocycles. The molecule has 158 valence electrons. The highest BCUT2D eigenvalue weighted by molar-refractivity contribution is 5.99. The summed E-state index contributed by atoms with van der Waals surface area (Å²) in [6.45, 7) is 2.29. The van der Waals surface area contributed by atoms with E-state index in [2.05, 4.69) is 20.4 Å². The van der Waals surface area contributed by atoms with E-state index in [1.807, 2.05) is 24.3 Å². The van der Waals surface area contributed by atoms with Crippen molar-refractivity contribution >= 4 is 22.9 Å². The van der Waals surface area contributed by atoms with E-state index in [1.54, 1.807) is 26.2 Å². The average molecular weight is 422 g/mol. The van der Waals surface area contributed by atoms with E-state index in [4.69, 9.17) is 14.0 Å². The van der Waals surface area contributed by atoms with Crippen LogP contribution >= 0.6 is 0 Å². The summed E-state index contributed by atoms with van der Waals surface area (Å²) in [6, 6.07) is 13.3. The van der Waals surface area contributed by atoms with Gasteiger partial charge in [0.25, 0.3) is 5.71 Å². The smallest absolute Gasteiger partial charge is 0.376 e. The normalized spacial score (nSPS) is 10.8. The fourth-order valence-corrected chi connectivity index (χ4v) is 3.00. The number of fused-ring (bicyclic) bond motifs is 1. The van der Waals surface area contributed by atoms with Crippen LogP contribution in [0, 0.1) is 5.82 Å². The Morgan fingerprint density at radius 2 is 1.84 bits per heavy atom. The molecule has 9 heteroatoms. The van der Waals surface area contributed by atoms with Crippen molar-refractivity contribution in [3.05, 3.63) is 65.7 Å². The Morgan fingerprint density at radius 1 is 1.10 bits per heavy atom. The van der Waals surface area contributed by atoms with Crippen LogP contribution in [0.15, 0.2) is 53.1 Å². The molecule has 0 bridgehead atoms. The van der Waals surface area contributed by atoms with E-state index in [1.165, 1.54) is 12.1 Å². The van der Waals surface area contributed by atoms with Gasteiger partial charge in [-0.05, 0) is 48.9 Å². The number of carbonyl (C=O) groups excluding carboxylic acids is 1. The summed E-state index contributed by atoms with van der Waals surface area (Å²) in [5, 5.41) is 7.76. The van der Waals surface area contributed by atoms with Gasteiger partial charge in [-0.25, -0.2) is 14.2 Å². The minimum Gasteiger partial charge on any atom is -0.497 e. The van der Waals surface area contributed by atoms with Gasteiger partial charge in [0, 0.05) is 12.1 Å². The van der Waals surface area contributed by atoms with Gasteiger partial charge < -0.3 is 19.3 Å². The number of anilines is 1. The molecule has 0 aliphatic heterocycles. The van der Waals surface area contributed by atoms with Gasteiger partial charge >= 0.3 is 5.97 Å². The zero-order valence-electron chi connectivity index (χ0n) is 16.9. The maximum absolute atomic E-state index is 13.4. The molecule has 0 fully saturated rings. The van der Waals surface area contributed by atoms with Crippen molar-refractivity contribution in [3.63, 3.8) is 0 Å². The fourth-order valence-electron chi connectivity index (χ4n) is 3.00. The van der Waals surface area contributed by atoms with Crippen LogP contribution in [0.5, 0.6) is 5.75 Å². The first kappa shape index (κ1) is 20.3. The second kappa shape index (κ2) is 8.78. The number of halogens is 1. The highest BCUT2D eigenvalue weighted by Crippen LogP contribution is 2.32. The highest BCUT2D eigenvalue weighted by atomic mass is 19.1. The first-order chi connectivity index (χ1) is 15.1. The number of hydrogen-bond donors (Lipinski definition) is 1. The molecule has 0 aliphatic rings. The predicted molar refractivity (Wildman–Crippen MR) is 111 cm³/mol. The number of ether oxygens (including phenoxy) is 2. The first-order valence-corrected chi connectivity index (χ1v) is 9.56. The highest BCUT2D eigenvalue weighted by Gasteiger charge is 2.22. The van der Waals surface area contributed by atoms with Crippen molar-refractivity contribution in [2.24, 2.45) is 0 Å². The SMILES string of the molecule is CCOC(=O)c1nc(NCc2ccc(OC)cc2)c2c(-c3ccc(F)cc3)noc2n1. The van der Waals surface area contributed by atoms with Gasteiger partial charge in [0.1, 0.15) is 28.5 Å². The molecule has 31 heavy (non-hydrogen) atoms. The Morgan fingerprint density at radius 3 is 2.52 bits per heavy atom. The number of carbonyl (C=O) groups is 1. The zero-order valence-corrected chi connectivity index (χ0v) is 16.9. The van der Waals surface area contributed by atoms with Crippen LogP contribution in [0.2, 0.25) is 0 Å². The van der Waals surface area contributed by atoms with E-state index in [-0.39, 0.29) is 24.0 Å². The van der Waals surface area contributed by atoms with Gasteiger partial charge in [-0.3, -0.25) is 0 Å². The van der Waals surface area contributed by atoms with Gasteiger partial charge in [0.2, 0.25) is 5.82 Å². The second-order valence-corrected chi connectivity index (χ2v) is 6.54. The monoisotopic (exact) mass is 422 g/mol. The van der Waals surface area contributed by atoms with Crippen molar-refractivity contribution in [2.75, 3.05) is 19.0 Å². The Kier molecular flexibility index (Phi) is 5.74. The lowest BCUT2D eigenvalue weighted by molar-refractivity contribution is 0.0512. The molecule has 0 aliphatic carbocycles. The van der Waals surface area contributed by atoms with E-state index >= 15 is 0 Å². The Bertz CT molecular complexity index is 1210. The van der Waals surface area contributed by atoms with Crippen LogP contribution in [-0.4, -0.2) is 34.8 Å². The summed E-state index contributed by atoms with van der Waals surface area (Å²) in [6.07, 6.45) is 0. The standard InChI is InChI=1S/C22H19FN4O4/c1-3-30-22(28)20-25-19(24-12-13-4-10-16(29-2)11-5-13)17-18(27-31-21(17)26-20)14-6-8-15(23)9-7-14/h4-11H,3,12H2,1-2H3,(H,24,25,26). The summed E-state index contributed by atoms with van der Waals surface area (Å²) in [4.78, 5) is 20.7. The molecule has 0 atom stereocenters. The van der Waals surface area contributed by atoms with Gasteiger partial charge in [-0.1, -0.05) is 17.3 Å². The molecule has 8 nitrogen and oxygen atoms in total. The van der Waals surface area contributed by atoms with E-state index < -0.39 is 5.97 Å². The molecule has 0 unspecified atom stereocenters. The predicted octanol–water partition coefficient (Wildman–Crippen LogP) is 4.22. The summed E-state index contributed by atoms with van der Waals surface area (Å²) < 4.78 is 28.9. The molecule has 0 radical (unpaired) electrons. The Labute approximate surface area is 177 Å². The number of methoxy groups -OCH3 is 1. The maximum atomic E-state index is 13.4. The van der Waals surface area contributed by atoms with E-state index in [9.17, 15) is 9.18 Å². The van der Waals surface area contributed by atoms with Crippen molar-refractivity contribution in [1.82, 2.24) is 15.1 Å². The molecule has 0 amide bonds. The topological polar surface area (TPSA) is 99.4 Å². The third kappa shape index (κ3) is 4.30. The number of esters is 1. The van der Waals surface area contributed by atoms with Crippen molar-refractivity contribution in [3.8, 4) is 17.0 Å². The number of benzene rings is 2. The molecular weight excluding hydrogens is 403 g/mol. The van der Waals surface area contributed by atoms with Crippen molar-refractivity contribution < 1.29 is 23.2 Å². The molecule has 4 aromatic rings. The molecule has 2 heterocycles. The number of hydrogen-bond acceptors (Lipinski definition) is 8. The lowest BCUT2D eigenvalue weighted by atomic mass is 10.1. The van der Waals surface area contributed by atoms with Crippen molar-refractivity contribution in [2.45, 2.75) is 13.5 Å². The number of nitrogens with one attached hydrogen (secondary N) is 1. The first-order valence-electron chi connectivity index (χ1n) is 9.56. The maximum Gasteiger partial charge on any atom is 0.376 e. The van der Waals surface area contributed by atoms with E-state index in [0.29, 0.717) is 29.0 Å². The third-order valence-corrected chi connectivity index (χ3v) is 4.53. The Balaban J connectivity index is 1.75. The zero-order chi connectivity index (χ0) is 21.8. The molecule has 2 aromatic heterocycles. The average Bonchev–Trinajstić information content (AvgIpc) is 3.22. The summed E-state index contributed by atoms with van der Waals surface area (Å²) in [5.74, 6) is -0.0832. The molecule has 0 saturated heterocycles. The van der Waals surface area contributed by atoms with Crippen LogP contribution < -0.4 is 10.1 Å². The van der Waals surface area contributed by atoms with Gasteiger partial charge in [-0.15, -0.1) is 0 Å². The second-order valence-electron chi connectivity index (χ2n) is 6.54. The molecular formula is C22H19FN4O4. The lowest BCUT2D eigenvalue weighted by Gasteiger charge is -2.09. The molecule has 4 rings (SSSR count). The lowest BCUT2D eigenvalue weighted by Crippen LogP contribution is -2.12. The molecule has 0 spiro atoms. The number of nitrogens with zero attached hydrogens (tertiary/aromatic N) is 3. The number of aromatic nitrogens is 3. The summed E-state index contributed by atoms with van der Waals surface area (Å²) in [5.41, 5.74) is 2.14. The van der Waals surface area contributed by atoms with Crippen LogP contribution in [0.1, 0.15) is 23.1 Å². The third-order valence-electron chi connectivity index (χ3n) is 4.53. The van der Waals surface area contributed by atoms with Gasteiger partial charge in [0.05, 0.1) is 13.7 Å². The molecule has 1 N–H and O–H groups in total. The quantitative estimate of drug-likeness (QED) is 0.442. The van der Waals surface area contributed by atoms with Crippen LogP contribution in [0.4, 0.5) is 10.2 Å². The van der Waals surface area contributed by atoms with Crippen LogP contribution in [0.3, 0.4) is 0 Å². The largest absolute Gasteiger partial charge is 0.497 e. The summed E-state index contributed by atoms with van der Waals surface area (Å²) >= 11 is 0. The van der Waals surface area contributed by atoms with Crippen LogP contribution in [-0.2, 0) is 11.3 Å². The van der Waals surface area contributed by atoms with Gasteiger partial charge in [-0.2, -0.15) is 4.98 Å². The molecule has 0 saturated carbocycles. The minimum absolute atomic E-state index is 0.120. The minimum atomic E-state index is -0.670. The fraction of sp³-hybridized carbons (Fsp3) is 0.182. The van der Waals surface area contributed by atoms with Crippen LogP contribution in [0.25, 0.3) is 22.4 Å². The van der Waals surface area contributed by atoms with Gasteiger partial charge in [0.15, 0.2) is 0 Å². The number of rotatable bonds is 7. The summed E-state index contributed by atoms with van der Waals surface area (Å²) in [7, 11) is 1.60. The Hall–Kier alpha value is -4.01.